The molecule has 2 aromatic rings. The number of allylic oxidation sites excluding steroid dienone is 5. The van der Waals surface area contributed by atoms with Crippen LogP contribution in [0.25, 0.3) is 5.70 Å². The second-order valence-electron chi connectivity index (χ2n) is 11.8. The SMILES string of the molecule is C=C(C)C1=CN2C(=CC1=C)c1cc(CC)c(CCCCCC)cc1CC2CCN(C)C(=C)CCc1ccccc1. The fraction of sp³-hybridized carbons (Fsp3) is 0.421. The zero-order valence-corrected chi connectivity index (χ0v) is 25.6. The topological polar surface area (TPSA) is 6.48 Å². The van der Waals surface area contributed by atoms with Crippen LogP contribution in [0.4, 0.5) is 0 Å². The molecule has 0 fully saturated rings. The molecule has 0 aliphatic carbocycles. The van der Waals surface area contributed by atoms with E-state index in [1.165, 1.54) is 71.3 Å². The number of unbranched alkanes of at least 4 members (excludes halogenated alkanes) is 3. The normalized spacial score (nSPS) is 16.1. The number of hydrogen-bond donors (Lipinski definition) is 0. The van der Waals surface area contributed by atoms with E-state index >= 15 is 0 Å². The van der Waals surface area contributed by atoms with Crippen molar-refractivity contribution in [1.29, 1.82) is 0 Å². The molecule has 0 spiro atoms. The van der Waals surface area contributed by atoms with Crippen LogP contribution in [0.5, 0.6) is 0 Å². The van der Waals surface area contributed by atoms with Crippen LogP contribution in [0.3, 0.4) is 0 Å². The fourth-order valence-electron chi connectivity index (χ4n) is 6.18. The standard InChI is InChI=1S/C38H50N2/c1-8-10-11-15-18-33-24-34-25-35(21-22-39(7)30(6)19-20-31-16-13-12-14-17-31)40-27-37(28(3)4)29(5)23-38(40)36(34)26-32(33)9-2/h12-14,16-17,23-24,26-27,35H,3,5-6,8-11,15,18-22,25H2,1-2,4,7H3. The smallest absolute Gasteiger partial charge is 0.0491 e. The van der Waals surface area contributed by atoms with E-state index in [9.17, 15) is 0 Å². The van der Waals surface area contributed by atoms with E-state index in [4.69, 9.17) is 0 Å². The van der Waals surface area contributed by atoms with Crippen LogP contribution in [0.15, 0.2) is 96.9 Å². The van der Waals surface area contributed by atoms with E-state index in [-0.39, 0.29) is 0 Å². The summed E-state index contributed by atoms with van der Waals surface area (Å²) in [6, 6.07) is 16.2. The predicted octanol–water partition coefficient (Wildman–Crippen LogP) is 9.44. The summed E-state index contributed by atoms with van der Waals surface area (Å²) < 4.78 is 0. The van der Waals surface area contributed by atoms with Gasteiger partial charge in [0, 0.05) is 42.8 Å². The minimum Gasteiger partial charge on any atom is -0.378 e. The van der Waals surface area contributed by atoms with Crippen molar-refractivity contribution in [1.82, 2.24) is 9.80 Å². The molecule has 0 saturated heterocycles. The number of rotatable bonds is 14. The van der Waals surface area contributed by atoms with Crippen LogP contribution in [0, 0.1) is 0 Å². The third-order valence-electron chi connectivity index (χ3n) is 8.78. The van der Waals surface area contributed by atoms with Gasteiger partial charge in [-0.05, 0) is 103 Å². The van der Waals surface area contributed by atoms with Crippen molar-refractivity contribution >= 4 is 5.70 Å². The Labute approximate surface area is 244 Å². The molecule has 0 amide bonds. The van der Waals surface area contributed by atoms with Crippen molar-refractivity contribution in [3.63, 3.8) is 0 Å². The third kappa shape index (κ3) is 7.08. The minimum absolute atomic E-state index is 0.394. The lowest BCUT2D eigenvalue weighted by atomic mass is 9.83. The summed E-state index contributed by atoms with van der Waals surface area (Å²) in [5, 5.41) is 0. The Balaban J connectivity index is 1.54. The number of hydrogen-bond acceptors (Lipinski definition) is 2. The summed E-state index contributed by atoms with van der Waals surface area (Å²) in [5.74, 6) is 0. The van der Waals surface area contributed by atoms with Gasteiger partial charge in [-0.2, -0.15) is 0 Å². The first kappa shape index (κ1) is 29.7. The molecule has 212 valence electrons. The highest BCUT2D eigenvalue weighted by molar-refractivity contribution is 5.77. The van der Waals surface area contributed by atoms with E-state index < -0.39 is 0 Å². The second-order valence-corrected chi connectivity index (χ2v) is 11.8. The minimum atomic E-state index is 0.394. The maximum atomic E-state index is 4.43. The van der Waals surface area contributed by atoms with E-state index in [2.05, 4.69) is 112 Å². The Morgan fingerprint density at radius 3 is 2.48 bits per heavy atom. The van der Waals surface area contributed by atoms with Crippen LogP contribution >= 0.6 is 0 Å². The maximum absolute atomic E-state index is 4.43. The van der Waals surface area contributed by atoms with Crippen LogP contribution < -0.4 is 0 Å². The highest BCUT2D eigenvalue weighted by Crippen LogP contribution is 2.41. The molecule has 2 heteroatoms. The molecule has 4 rings (SSSR count). The molecular weight excluding hydrogens is 484 g/mol. The van der Waals surface area contributed by atoms with Crippen molar-refractivity contribution in [3.8, 4) is 0 Å². The van der Waals surface area contributed by atoms with Gasteiger partial charge in [-0.3, -0.25) is 0 Å². The second kappa shape index (κ2) is 13.9. The van der Waals surface area contributed by atoms with E-state index in [1.807, 2.05) is 0 Å². The van der Waals surface area contributed by atoms with Gasteiger partial charge >= 0.3 is 0 Å². The van der Waals surface area contributed by atoms with Crippen molar-refractivity contribution < 1.29 is 0 Å². The van der Waals surface area contributed by atoms with Crippen molar-refractivity contribution in [2.24, 2.45) is 0 Å². The number of aryl methyl sites for hydroxylation is 3. The molecule has 2 nitrogen and oxygen atoms in total. The first-order valence-corrected chi connectivity index (χ1v) is 15.5. The van der Waals surface area contributed by atoms with Crippen molar-refractivity contribution in [3.05, 3.63) is 125 Å². The molecule has 0 bridgehead atoms. The average Bonchev–Trinajstić information content (AvgIpc) is 2.96. The molecule has 2 heterocycles. The van der Waals surface area contributed by atoms with Crippen molar-refractivity contribution in [2.45, 2.75) is 91.0 Å². The van der Waals surface area contributed by atoms with Gasteiger partial charge in [0.05, 0.1) is 0 Å². The Morgan fingerprint density at radius 1 is 1.00 bits per heavy atom. The molecule has 0 saturated carbocycles. The Morgan fingerprint density at radius 2 is 1.77 bits per heavy atom. The molecule has 0 aromatic heterocycles. The Hall–Kier alpha value is -3.26. The van der Waals surface area contributed by atoms with Crippen molar-refractivity contribution in [2.75, 3.05) is 13.6 Å². The lowest BCUT2D eigenvalue weighted by Gasteiger charge is -2.42. The summed E-state index contributed by atoms with van der Waals surface area (Å²) in [4.78, 5) is 4.90. The van der Waals surface area contributed by atoms with Crippen LogP contribution in [-0.4, -0.2) is 29.4 Å². The lowest BCUT2D eigenvalue weighted by Crippen LogP contribution is -2.39. The van der Waals surface area contributed by atoms with Gasteiger partial charge in [0.2, 0.25) is 0 Å². The summed E-state index contributed by atoms with van der Waals surface area (Å²) in [7, 11) is 2.20. The molecule has 1 atom stereocenters. The zero-order valence-electron chi connectivity index (χ0n) is 25.6. The molecule has 2 aliphatic rings. The van der Waals surface area contributed by atoms with Crippen LogP contribution in [0.2, 0.25) is 0 Å². The fourth-order valence-corrected chi connectivity index (χ4v) is 6.18. The Kier molecular flexibility index (Phi) is 10.3. The van der Waals surface area contributed by atoms with E-state index in [1.54, 1.807) is 5.56 Å². The largest absolute Gasteiger partial charge is 0.378 e. The molecule has 1 unspecified atom stereocenters. The molecular formula is C38H50N2. The maximum Gasteiger partial charge on any atom is 0.0491 e. The van der Waals surface area contributed by atoms with Gasteiger partial charge in [0.15, 0.2) is 0 Å². The van der Waals surface area contributed by atoms with Gasteiger partial charge in [-0.1, -0.05) is 89.2 Å². The summed E-state index contributed by atoms with van der Waals surface area (Å²) >= 11 is 0. The quantitative estimate of drug-likeness (QED) is 0.223. The molecule has 40 heavy (non-hydrogen) atoms. The molecule has 0 N–H and O–H groups in total. The lowest BCUT2D eigenvalue weighted by molar-refractivity contribution is 0.294. The molecule has 2 aromatic carbocycles. The highest BCUT2D eigenvalue weighted by atomic mass is 15.2. The summed E-state index contributed by atoms with van der Waals surface area (Å²) in [5.41, 5.74) is 13.2. The third-order valence-corrected chi connectivity index (χ3v) is 8.78. The highest BCUT2D eigenvalue weighted by Gasteiger charge is 2.32. The summed E-state index contributed by atoms with van der Waals surface area (Å²) in [6.45, 7) is 20.8. The van der Waals surface area contributed by atoms with Crippen LogP contribution in [-0.2, 0) is 25.7 Å². The predicted molar refractivity (Wildman–Crippen MR) is 174 cm³/mol. The van der Waals surface area contributed by atoms with Gasteiger partial charge < -0.3 is 9.80 Å². The number of fused-ring (bicyclic) bond motifs is 3. The zero-order chi connectivity index (χ0) is 28.6. The van der Waals surface area contributed by atoms with Crippen LogP contribution in [0.1, 0.15) is 87.1 Å². The number of nitrogens with zero attached hydrogens (tertiary/aromatic N) is 2. The first-order valence-electron chi connectivity index (χ1n) is 15.5. The van der Waals surface area contributed by atoms with Gasteiger partial charge in [-0.15, -0.1) is 0 Å². The Bertz CT molecular complexity index is 1280. The van der Waals surface area contributed by atoms with E-state index in [0.717, 1.165) is 49.8 Å². The van der Waals surface area contributed by atoms with Gasteiger partial charge in [0.1, 0.15) is 0 Å². The van der Waals surface area contributed by atoms with E-state index in [0.29, 0.717) is 6.04 Å². The van der Waals surface area contributed by atoms with Gasteiger partial charge in [0.25, 0.3) is 0 Å². The average molecular weight is 535 g/mol. The number of benzene rings is 2. The molecule has 0 radical (unpaired) electrons. The summed E-state index contributed by atoms with van der Waals surface area (Å²) in [6.07, 6.45) is 16.3. The van der Waals surface area contributed by atoms with Gasteiger partial charge in [-0.25, -0.2) is 0 Å². The first-order chi connectivity index (χ1) is 19.3. The molecule has 2 aliphatic heterocycles. The monoisotopic (exact) mass is 534 g/mol.